The summed E-state index contributed by atoms with van der Waals surface area (Å²) in [5, 5.41) is 0. The summed E-state index contributed by atoms with van der Waals surface area (Å²) in [6, 6.07) is 9.51. The van der Waals surface area contributed by atoms with Gasteiger partial charge >= 0.3 is 11.9 Å². The van der Waals surface area contributed by atoms with Crippen molar-refractivity contribution in [2.24, 2.45) is 5.92 Å². The lowest BCUT2D eigenvalue weighted by Gasteiger charge is -2.08. The minimum atomic E-state index is -0.623. The summed E-state index contributed by atoms with van der Waals surface area (Å²) in [6.45, 7) is 0. The van der Waals surface area contributed by atoms with Gasteiger partial charge < -0.3 is 9.47 Å². The molecule has 0 aliphatic carbocycles. The van der Waals surface area contributed by atoms with Crippen LogP contribution in [-0.2, 0) is 19.1 Å². The van der Waals surface area contributed by atoms with E-state index in [1.54, 1.807) is 12.2 Å². The van der Waals surface area contributed by atoms with Crippen LogP contribution in [0.4, 0.5) is 0 Å². The molecule has 4 heteroatoms. The maximum atomic E-state index is 11.5. The fraction of sp³-hybridized carbons (Fsp3) is 0.286. The van der Waals surface area contributed by atoms with Crippen LogP contribution in [0.2, 0.25) is 0 Å². The van der Waals surface area contributed by atoms with E-state index in [0.717, 1.165) is 5.56 Å². The molecule has 0 saturated heterocycles. The molecule has 0 N–H and O–H groups in total. The Kier molecular flexibility index (Phi) is 5.64. The van der Waals surface area contributed by atoms with E-state index in [1.165, 1.54) is 14.2 Å². The van der Waals surface area contributed by atoms with Crippen LogP contribution in [0.5, 0.6) is 0 Å². The molecule has 1 atom stereocenters. The smallest absolute Gasteiger partial charge is 0.313 e. The SMILES string of the molecule is COC(=O)CC(/C=C\c1ccccc1)C(=O)OC. The molecule has 0 aliphatic rings. The van der Waals surface area contributed by atoms with Crippen LogP contribution < -0.4 is 0 Å². The van der Waals surface area contributed by atoms with Crippen LogP contribution in [0.1, 0.15) is 12.0 Å². The number of methoxy groups -OCH3 is 2. The first kappa shape index (κ1) is 14.0. The van der Waals surface area contributed by atoms with Crippen LogP contribution in [0.25, 0.3) is 6.08 Å². The van der Waals surface area contributed by atoms with Gasteiger partial charge in [-0.25, -0.2) is 0 Å². The zero-order chi connectivity index (χ0) is 13.4. The fourth-order valence-electron chi connectivity index (χ4n) is 1.44. The Hall–Kier alpha value is -2.10. The molecule has 96 valence electrons. The third-order valence-corrected chi connectivity index (χ3v) is 2.44. The first-order chi connectivity index (χ1) is 8.67. The van der Waals surface area contributed by atoms with E-state index in [-0.39, 0.29) is 6.42 Å². The van der Waals surface area contributed by atoms with Crippen molar-refractivity contribution in [2.75, 3.05) is 14.2 Å². The van der Waals surface area contributed by atoms with Crippen LogP contribution in [0.15, 0.2) is 36.4 Å². The zero-order valence-electron chi connectivity index (χ0n) is 10.5. The minimum absolute atomic E-state index is 0.0213. The molecule has 0 spiro atoms. The average molecular weight is 248 g/mol. The summed E-state index contributed by atoms with van der Waals surface area (Å²) in [5.41, 5.74) is 0.955. The van der Waals surface area contributed by atoms with E-state index in [4.69, 9.17) is 0 Å². The fourth-order valence-corrected chi connectivity index (χ4v) is 1.44. The normalized spacial score (nSPS) is 12.1. The predicted molar refractivity (Wildman–Crippen MR) is 67.6 cm³/mol. The number of rotatable bonds is 5. The number of carbonyl (C=O) groups is 2. The highest BCUT2D eigenvalue weighted by atomic mass is 16.5. The van der Waals surface area contributed by atoms with Crippen molar-refractivity contribution in [3.63, 3.8) is 0 Å². The lowest BCUT2D eigenvalue weighted by atomic mass is 10.0. The van der Waals surface area contributed by atoms with Crippen LogP contribution in [0.3, 0.4) is 0 Å². The van der Waals surface area contributed by atoms with E-state index in [9.17, 15) is 9.59 Å². The van der Waals surface area contributed by atoms with Crippen LogP contribution in [-0.4, -0.2) is 26.2 Å². The lowest BCUT2D eigenvalue weighted by molar-refractivity contribution is -0.150. The van der Waals surface area contributed by atoms with Crippen molar-refractivity contribution in [3.05, 3.63) is 42.0 Å². The molecular formula is C14H16O4. The molecule has 18 heavy (non-hydrogen) atoms. The Morgan fingerprint density at radius 2 is 1.83 bits per heavy atom. The monoisotopic (exact) mass is 248 g/mol. The largest absolute Gasteiger partial charge is 0.469 e. The first-order valence-corrected chi connectivity index (χ1v) is 5.55. The minimum Gasteiger partial charge on any atom is -0.469 e. The van der Waals surface area contributed by atoms with Crippen molar-refractivity contribution in [1.82, 2.24) is 0 Å². The standard InChI is InChI=1S/C14H16O4/c1-17-13(15)10-12(14(16)18-2)9-8-11-6-4-3-5-7-11/h3-9,12H,10H2,1-2H3/b9-8-. The van der Waals surface area contributed by atoms with E-state index in [1.807, 2.05) is 30.3 Å². The molecule has 0 saturated carbocycles. The Labute approximate surface area is 106 Å². The first-order valence-electron chi connectivity index (χ1n) is 5.55. The Balaban J connectivity index is 2.75. The van der Waals surface area contributed by atoms with Gasteiger partial charge in [-0.2, -0.15) is 0 Å². The average Bonchev–Trinajstić information content (AvgIpc) is 2.43. The van der Waals surface area contributed by atoms with Crippen LogP contribution >= 0.6 is 0 Å². The summed E-state index contributed by atoms with van der Waals surface area (Å²) >= 11 is 0. The quantitative estimate of drug-likeness (QED) is 0.748. The van der Waals surface area contributed by atoms with Crippen molar-refractivity contribution < 1.29 is 19.1 Å². The number of benzene rings is 1. The second kappa shape index (κ2) is 7.27. The third-order valence-electron chi connectivity index (χ3n) is 2.44. The predicted octanol–water partition coefficient (Wildman–Crippen LogP) is 2.05. The van der Waals surface area contributed by atoms with Gasteiger partial charge in [0, 0.05) is 0 Å². The summed E-state index contributed by atoms with van der Waals surface area (Å²) in [7, 11) is 2.58. The molecule has 1 aromatic carbocycles. The third kappa shape index (κ3) is 4.41. The molecule has 0 amide bonds. The van der Waals surface area contributed by atoms with Crippen molar-refractivity contribution in [2.45, 2.75) is 6.42 Å². The Bertz CT molecular complexity index is 423. The van der Waals surface area contributed by atoms with Gasteiger partial charge in [-0.3, -0.25) is 9.59 Å². The second-order valence-corrected chi connectivity index (χ2v) is 3.68. The highest BCUT2D eigenvalue weighted by Crippen LogP contribution is 2.12. The molecule has 0 bridgehead atoms. The summed E-state index contributed by atoms with van der Waals surface area (Å²) in [6.07, 6.45) is 3.41. The summed E-state index contributed by atoms with van der Waals surface area (Å²) < 4.78 is 9.20. The molecule has 0 fully saturated rings. The van der Waals surface area contributed by atoms with E-state index < -0.39 is 17.9 Å². The summed E-state index contributed by atoms with van der Waals surface area (Å²) in [4.78, 5) is 22.7. The molecule has 1 unspecified atom stereocenters. The maximum absolute atomic E-state index is 11.5. The topological polar surface area (TPSA) is 52.6 Å². The Morgan fingerprint density at radius 3 is 2.39 bits per heavy atom. The highest BCUT2D eigenvalue weighted by Gasteiger charge is 2.20. The molecule has 0 aliphatic heterocycles. The van der Waals surface area contributed by atoms with Gasteiger partial charge in [0.2, 0.25) is 0 Å². The molecule has 0 radical (unpaired) electrons. The zero-order valence-corrected chi connectivity index (χ0v) is 10.5. The maximum Gasteiger partial charge on any atom is 0.313 e. The Morgan fingerprint density at radius 1 is 1.17 bits per heavy atom. The van der Waals surface area contributed by atoms with E-state index in [2.05, 4.69) is 9.47 Å². The van der Waals surface area contributed by atoms with Crippen LogP contribution in [0, 0.1) is 5.92 Å². The number of ether oxygens (including phenoxy) is 2. The van der Waals surface area contributed by atoms with Gasteiger partial charge in [-0.1, -0.05) is 42.5 Å². The van der Waals surface area contributed by atoms with Gasteiger partial charge in [-0.05, 0) is 5.56 Å². The van der Waals surface area contributed by atoms with Gasteiger partial charge in [-0.15, -0.1) is 0 Å². The van der Waals surface area contributed by atoms with Gasteiger partial charge in [0.15, 0.2) is 0 Å². The number of carbonyl (C=O) groups excluding carboxylic acids is 2. The number of hydrogen-bond acceptors (Lipinski definition) is 4. The van der Waals surface area contributed by atoms with E-state index >= 15 is 0 Å². The molecule has 1 aromatic rings. The van der Waals surface area contributed by atoms with Gasteiger partial charge in [0.25, 0.3) is 0 Å². The number of esters is 2. The van der Waals surface area contributed by atoms with Crippen molar-refractivity contribution in [3.8, 4) is 0 Å². The highest BCUT2D eigenvalue weighted by molar-refractivity contribution is 5.82. The molecule has 0 aromatic heterocycles. The lowest BCUT2D eigenvalue weighted by Crippen LogP contribution is -2.18. The summed E-state index contributed by atoms with van der Waals surface area (Å²) in [5.74, 6) is -1.52. The van der Waals surface area contributed by atoms with Crippen molar-refractivity contribution >= 4 is 18.0 Å². The number of hydrogen-bond donors (Lipinski definition) is 0. The molecule has 4 nitrogen and oxygen atoms in total. The second-order valence-electron chi connectivity index (χ2n) is 3.68. The molecule has 1 rings (SSSR count). The molecular weight excluding hydrogens is 232 g/mol. The van der Waals surface area contributed by atoms with Gasteiger partial charge in [0.1, 0.15) is 0 Å². The van der Waals surface area contributed by atoms with E-state index in [0.29, 0.717) is 0 Å². The molecule has 0 heterocycles. The van der Waals surface area contributed by atoms with Crippen molar-refractivity contribution in [1.29, 1.82) is 0 Å². The van der Waals surface area contributed by atoms with Gasteiger partial charge in [0.05, 0.1) is 26.6 Å².